The molecule has 1 amide bonds. The number of carbonyl (C=O) groups excluding carboxylic acids is 1. The van der Waals surface area contributed by atoms with Gasteiger partial charge in [0.05, 0.1) is 16.6 Å². The minimum atomic E-state index is -0.366. The van der Waals surface area contributed by atoms with Crippen molar-refractivity contribution in [1.29, 1.82) is 0 Å². The summed E-state index contributed by atoms with van der Waals surface area (Å²) in [4.78, 5) is 12.9. The number of hydrazone groups is 1. The molecular weight excluding hydrogens is 512 g/mol. The van der Waals surface area contributed by atoms with E-state index in [1.807, 2.05) is 60.7 Å². The van der Waals surface area contributed by atoms with E-state index < -0.39 is 0 Å². The molecule has 1 aliphatic carbocycles. The van der Waals surface area contributed by atoms with E-state index in [4.69, 9.17) is 0 Å². The van der Waals surface area contributed by atoms with Crippen LogP contribution in [0.4, 0.5) is 0 Å². The molecule has 7 heteroatoms. The molecule has 1 atom stereocenters. The Balaban J connectivity index is 1.55. The van der Waals surface area contributed by atoms with Crippen LogP contribution in [0.15, 0.2) is 80.8 Å². The number of aromatic hydroxyl groups is 2. The molecule has 0 saturated heterocycles. The summed E-state index contributed by atoms with van der Waals surface area (Å²) in [5.74, 6) is -0.702. The molecule has 0 bridgehead atoms. The SMILES string of the molecule is O=C(N/N=C/c1cc(Br)c(O)c(Br)c1O)[C@@H]1CC1(c1ccccc1)c1ccccc1. The second-order valence-corrected chi connectivity index (χ2v) is 8.80. The highest BCUT2D eigenvalue weighted by Crippen LogP contribution is 2.58. The van der Waals surface area contributed by atoms with Crippen molar-refractivity contribution in [2.45, 2.75) is 11.8 Å². The largest absolute Gasteiger partial charge is 0.506 e. The third-order valence-corrected chi connectivity index (χ3v) is 6.79. The van der Waals surface area contributed by atoms with Crippen molar-refractivity contribution >= 4 is 44.0 Å². The van der Waals surface area contributed by atoms with Crippen LogP contribution in [0.1, 0.15) is 23.1 Å². The van der Waals surface area contributed by atoms with Gasteiger partial charge in [0, 0.05) is 11.0 Å². The number of phenolic OH excluding ortho intramolecular Hbond substituents is 2. The van der Waals surface area contributed by atoms with Crippen LogP contribution in [-0.2, 0) is 10.2 Å². The van der Waals surface area contributed by atoms with Gasteiger partial charge in [0.2, 0.25) is 5.91 Å². The van der Waals surface area contributed by atoms with Crippen LogP contribution in [0.2, 0.25) is 0 Å². The zero-order valence-corrected chi connectivity index (χ0v) is 18.9. The van der Waals surface area contributed by atoms with Gasteiger partial charge in [0.15, 0.2) is 0 Å². The first-order chi connectivity index (χ1) is 14.4. The van der Waals surface area contributed by atoms with E-state index in [9.17, 15) is 15.0 Å². The molecule has 0 aliphatic heterocycles. The molecule has 1 aliphatic rings. The molecule has 5 nitrogen and oxygen atoms in total. The van der Waals surface area contributed by atoms with Crippen molar-refractivity contribution < 1.29 is 15.0 Å². The topological polar surface area (TPSA) is 81.9 Å². The molecule has 152 valence electrons. The van der Waals surface area contributed by atoms with Gasteiger partial charge in [-0.2, -0.15) is 5.10 Å². The van der Waals surface area contributed by atoms with Crippen molar-refractivity contribution in [1.82, 2.24) is 5.43 Å². The fraction of sp³-hybridized carbons (Fsp3) is 0.130. The number of phenols is 2. The molecule has 0 radical (unpaired) electrons. The lowest BCUT2D eigenvalue weighted by Gasteiger charge is -2.18. The Bertz CT molecular complexity index is 1080. The van der Waals surface area contributed by atoms with Gasteiger partial charge < -0.3 is 10.2 Å². The number of hydrogen-bond acceptors (Lipinski definition) is 4. The van der Waals surface area contributed by atoms with Gasteiger partial charge in [-0.1, -0.05) is 60.7 Å². The molecule has 3 aromatic rings. The van der Waals surface area contributed by atoms with E-state index in [-0.39, 0.29) is 33.2 Å². The molecule has 4 rings (SSSR count). The highest BCUT2D eigenvalue weighted by molar-refractivity contribution is 9.11. The fourth-order valence-electron chi connectivity index (χ4n) is 3.81. The Morgan fingerprint density at radius 2 is 1.57 bits per heavy atom. The van der Waals surface area contributed by atoms with Crippen LogP contribution < -0.4 is 5.43 Å². The van der Waals surface area contributed by atoms with E-state index in [1.54, 1.807) is 0 Å². The Hall–Kier alpha value is -2.64. The maximum absolute atomic E-state index is 12.9. The molecule has 1 saturated carbocycles. The average molecular weight is 530 g/mol. The van der Waals surface area contributed by atoms with Crippen LogP contribution in [0.3, 0.4) is 0 Å². The zero-order valence-electron chi connectivity index (χ0n) is 15.7. The van der Waals surface area contributed by atoms with Crippen molar-refractivity contribution in [3.63, 3.8) is 0 Å². The third-order valence-electron chi connectivity index (χ3n) is 5.43. The fourth-order valence-corrected chi connectivity index (χ4v) is 4.97. The Morgan fingerprint density at radius 1 is 1.00 bits per heavy atom. The van der Waals surface area contributed by atoms with Gasteiger partial charge in [0.1, 0.15) is 16.0 Å². The zero-order chi connectivity index (χ0) is 21.3. The highest BCUT2D eigenvalue weighted by atomic mass is 79.9. The molecule has 0 aromatic heterocycles. The van der Waals surface area contributed by atoms with Gasteiger partial charge in [-0.15, -0.1) is 0 Å². The molecule has 1 fully saturated rings. The maximum Gasteiger partial charge on any atom is 0.244 e. The number of rotatable bonds is 5. The van der Waals surface area contributed by atoms with Gasteiger partial charge in [0.25, 0.3) is 0 Å². The van der Waals surface area contributed by atoms with Crippen molar-refractivity contribution in [2.24, 2.45) is 11.0 Å². The maximum atomic E-state index is 12.9. The van der Waals surface area contributed by atoms with Crippen LogP contribution in [0, 0.1) is 5.92 Å². The summed E-state index contributed by atoms with van der Waals surface area (Å²) in [7, 11) is 0. The quantitative estimate of drug-likeness (QED) is 0.318. The van der Waals surface area contributed by atoms with Crippen LogP contribution in [0.5, 0.6) is 11.5 Å². The monoisotopic (exact) mass is 528 g/mol. The van der Waals surface area contributed by atoms with Crippen LogP contribution in [0.25, 0.3) is 0 Å². The third kappa shape index (κ3) is 3.63. The summed E-state index contributed by atoms with van der Waals surface area (Å²) >= 11 is 6.33. The predicted octanol–water partition coefficient (Wildman–Crippen LogP) is 5.08. The first-order valence-corrected chi connectivity index (χ1v) is 10.9. The Labute approximate surface area is 190 Å². The van der Waals surface area contributed by atoms with E-state index in [1.165, 1.54) is 12.3 Å². The lowest BCUT2D eigenvalue weighted by atomic mass is 9.85. The number of nitrogens with one attached hydrogen (secondary N) is 1. The Kier molecular flexibility index (Phi) is 5.66. The first-order valence-electron chi connectivity index (χ1n) is 9.29. The van der Waals surface area contributed by atoms with E-state index >= 15 is 0 Å². The minimum Gasteiger partial charge on any atom is -0.506 e. The number of halogens is 2. The van der Waals surface area contributed by atoms with Crippen LogP contribution in [-0.4, -0.2) is 22.3 Å². The lowest BCUT2D eigenvalue weighted by Crippen LogP contribution is -2.25. The molecule has 0 unspecified atom stereocenters. The van der Waals surface area contributed by atoms with Gasteiger partial charge in [-0.25, -0.2) is 5.43 Å². The van der Waals surface area contributed by atoms with Crippen molar-refractivity contribution in [2.75, 3.05) is 0 Å². The molecule has 3 N–H and O–H groups in total. The summed E-state index contributed by atoms with van der Waals surface area (Å²) in [5, 5.41) is 24.0. The summed E-state index contributed by atoms with van der Waals surface area (Å²) in [6.07, 6.45) is 2.04. The standard InChI is InChI=1S/C23H18Br2N2O3/c24-18-11-14(20(28)19(25)21(18)29)13-26-27-22(30)17-12-23(17,15-7-3-1-4-8-15)16-9-5-2-6-10-16/h1-11,13,17,28-29H,12H2,(H,27,30)/b26-13+/t17-/m0/s1. The average Bonchev–Trinajstić information content (AvgIpc) is 3.54. The van der Waals surface area contributed by atoms with Crippen molar-refractivity contribution in [3.05, 3.63) is 92.4 Å². The second kappa shape index (κ2) is 8.24. The summed E-state index contributed by atoms with van der Waals surface area (Å²) in [5.41, 5.74) is 4.78. The summed E-state index contributed by atoms with van der Waals surface area (Å²) in [6.45, 7) is 0. The van der Waals surface area contributed by atoms with E-state index in [0.29, 0.717) is 16.5 Å². The van der Waals surface area contributed by atoms with Gasteiger partial charge in [-0.3, -0.25) is 4.79 Å². The molecule has 0 spiro atoms. The first kappa shape index (κ1) is 20.6. The van der Waals surface area contributed by atoms with E-state index in [0.717, 1.165) is 11.1 Å². The number of benzene rings is 3. The van der Waals surface area contributed by atoms with Crippen molar-refractivity contribution in [3.8, 4) is 11.5 Å². The number of hydrogen-bond donors (Lipinski definition) is 3. The minimum absolute atomic E-state index is 0.109. The molecule has 0 heterocycles. The normalized spacial score (nSPS) is 17.1. The number of amides is 1. The molecule has 30 heavy (non-hydrogen) atoms. The summed E-state index contributed by atoms with van der Waals surface area (Å²) < 4.78 is 0.549. The van der Waals surface area contributed by atoms with Gasteiger partial charge in [-0.05, 0) is 55.5 Å². The van der Waals surface area contributed by atoms with Gasteiger partial charge >= 0.3 is 0 Å². The number of carbonyl (C=O) groups is 1. The van der Waals surface area contributed by atoms with Crippen LogP contribution >= 0.6 is 31.9 Å². The molecule has 3 aromatic carbocycles. The summed E-state index contributed by atoms with van der Waals surface area (Å²) in [6, 6.07) is 21.6. The van der Waals surface area contributed by atoms with E-state index in [2.05, 4.69) is 42.4 Å². The molecular formula is C23H18Br2N2O3. The lowest BCUT2D eigenvalue weighted by molar-refractivity contribution is -0.122. The smallest absolute Gasteiger partial charge is 0.244 e. The second-order valence-electron chi connectivity index (χ2n) is 7.15. The highest BCUT2D eigenvalue weighted by Gasteiger charge is 2.60. The predicted molar refractivity (Wildman–Crippen MR) is 123 cm³/mol. The Morgan fingerprint density at radius 3 is 2.13 bits per heavy atom. The number of nitrogens with zero attached hydrogens (tertiary/aromatic N) is 1.